The van der Waals surface area contributed by atoms with Crippen LogP contribution in [0.2, 0.25) is 0 Å². The summed E-state index contributed by atoms with van der Waals surface area (Å²) < 4.78 is 13.3. The summed E-state index contributed by atoms with van der Waals surface area (Å²) in [6.07, 6.45) is 3.63. The van der Waals surface area contributed by atoms with E-state index in [0.717, 1.165) is 19.4 Å². The molecule has 0 amide bonds. The molecule has 0 aliphatic carbocycles. The van der Waals surface area contributed by atoms with Crippen molar-refractivity contribution < 1.29 is 4.39 Å². The van der Waals surface area contributed by atoms with Crippen LogP contribution in [-0.2, 0) is 0 Å². The lowest BCUT2D eigenvalue weighted by atomic mass is 10.2. The summed E-state index contributed by atoms with van der Waals surface area (Å²) in [4.78, 5) is 0. The molecule has 0 heterocycles. The Bertz CT molecular complexity index is 420. The normalized spacial score (nSPS) is 10.6. The van der Waals surface area contributed by atoms with Crippen molar-refractivity contribution in [3.05, 3.63) is 35.6 Å². The number of unbranched alkanes of at least 4 members (excludes halogenated alkanes) is 1. The molecule has 0 atom stereocenters. The highest BCUT2D eigenvalue weighted by molar-refractivity contribution is 7.80. The number of nitrogens with zero attached hydrogens (tertiary/aromatic N) is 2. The summed E-state index contributed by atoms with van der Waals surface area (Å²) in [7, 11) is 1.73. The fourth-order valence-corrected chi connectivity index (χ4v) is 1.42. The molecule has 0 saturated carbocycles. The second-order valence-electron chi connectivity index (χ2n) is 3.88. The predicted molar refractivity (Wildman–Crippen MR) is 77.3 cm³/mol. The molecule has 0 bridgehead atoms. The van der Waals surface area contributed by atoms with E-state index in [2.05, 4.69) is 17.3 Å². The van der Waals surface area contributed by atoms with Gasteiger partial charge in [0.2, 0.25) is 0 Å². The first-order valence-corrected chi connectivity index (χ1v) is 6.36. The number of benzene rings is 1. The van der Waals surface area contributed by atoms with Crippen LogP contribution < -0.4 is 5.32 Å². The average Bonchev–Trinajstić information content (AvgIpc) is 2.37. The van der Waals surface area contributed by atoms with Gasteiger partial charge in [-0.15, -0.1) is 0 Å². The smallest absolute Gasteiger partial charge is 0.189 e. The number of rotatable bonds is 5. The van der Waals surface area contributed by atoms with Crippen LogP contribution in [-0.4, -0.2) is 29.9 Å². The highest BCUT2D eigenvalue weighted by Crippen LogP contribution is 2.03. The minimum atomic E-state index is -0.292. The van der Waals surface area contributed by atoms with Crippen molar-refractivity contribution in [3.63, 3.8) is 0 Å². The third-order valence-corrected chi connectivity index (χ3v) is 2.78. The molecule has 0 aliphatic heterocycles. The summed E-state index contributed by atoms with van der Waals surface area (Å²) in [6, 6.07) is 6.48. The Labute approximate surface area is 113 Å². The van der Waals surface area contributed by atoms with E-state index in [1.54, 1.807) is 25.2 Å². The minimum Gasteiger partial charge on any atom is -0.361 e. The molecule has 98 valence electrons. The van der Waals surface area contributed by atoms with E-state index in [-0.39, 0.29) is 5.82 Å². The largest absolute Gasteiger partial charge is 0.361 e. The Kier molecular flexibility index (Phi) is 6.28. The number of hydrazone groups is 1. The number of hydrogen-bond donors (Lipinski definition) is 1. The van der Waals surface area contributed by atoms with Gasteiger partial charge in [0.25, 0.3) is 0 Å². The second-order valence-corrected chi connectivity index (χ2v) is 4.26. The summed E-state index contributed by atoms with van der Waals surface area (Å²) in [5.74, 6) is -0.292. The Hall–Kier alpha value is -1.49. The van der Waals surface area contributed by atoms with Gasteiger partial charge in [-0.05, 0) is 24.7 Å². The Morgan fingerprint density at radius 3 is 2.89 bits per heavy atom. The first kappa shape index (κ1) is 14.6. The highest BCUT2D eigenvalue weighted by atomic mass is 32.1. The van der Waals surface area contributed by atoms with Gasteiger partial charge in [0.1, 0.15) is 5.82 Å². The van der Waals surface area contributed by atoms with Crippen molar-refractivity contribution in [1.29, 1.82) is 0 Å². The van der Waals surface area contributed by atoms with Crippen molar-refractivity contribution in [2.75, 3.05) is 13.6 Å². The molecular weight excluding hydrogens is 249 g/mol. The lowest BCUT2D eigenvalue weighted by molar-refractivity contribution is 0.529. The molecule has 0 radical (unpaired) electrons. The third-order valence-electron chi connectivity index (χ3n) is 2.38. The number of hydrogen-bond acceptors (Lipinski definition) is 2. The maximum Gasteiger partial charge on any atom is 0.189 e. The van der Waals surface area contributed by atoms with Crippen LogP contribution in [0, 0.1) is 5.82 Å². The van der Waals surface area contributed by atoms with E-state index in [1.807, 2.05) is 0 Å². The van der Waals surface area contributed by atoms with Gasteiger partial charge in [-0.2, -0.15) is 5.10 Å². The zero-order valence-electron chi connectivity index (χ0n) is 10.7. The molecule has 5 heteroatoms. The fraction of sp³-hybridized carbons (Fsp3) is 0.385. The van der Waals surface area contributed by atoms with Crippen LogP contribution >= 0.6 is 12.2 Å². The summed E-state index contributed by atoms with van der Waals surface area (Å²) in [6.45, 7) is 2.94. The number of thiocarbonyl (C=S) groups is 1. The third kappa shape index (κ3) is 4.79. The Balaban J connectivity index is 2.51. The molecule has 1 aromatic carbocycles. The topological polar surface area (TPSA) is 27.6 Å². The molecule has 1 aromatic rings. The summed E-state index contributed by atoms with van der Waals surface area (Å²) in [5.41, 5.74) is 0.445. The van der Waals surface area contributed by atoms with Gasteiger partial charge in [0, 0.05) is 19.2 Å². The molecule has 0 saturated heterocycles. The van der Waals surface area contributed by atoms with E-state index in [0.29, 0.717) is 10.7 Å². The fourth-order valence-electron chi connectivity index (χ4n) is 1.27. The van der Waals surface area contributed by atoms with E-state index in [1.165, 1.54) is 17.3 Å². The van der Waals surface area contributed by atoms with Crippen molar-refractivity contribution in [2.45, 2.75) is 19.8 Å². The molecular formula is C13H18FN3S. The first-order valence-electron chi connectivity index (χ1n) is 5.95. The van der Waals surface area contributed by atoms with Crippen LogP contribution in [0.4, 0.5) is 4.39 Å². The lowest BCUT2D eigenvalue weighted by Gasteiger charge is -2.15. The maximum atomic E-state index is 13.3. The summed E-state index contributed by atoms with van der Waals surface area (Å²) in [5, 5.41) is 9.25. The van der Waals surface area contributed by atoms with E-state index in [9.17, 15) is 4.39 Å². The number of nitrogens with one attached hydrogen (secondary N) is 1. The minimum absolute atomic E-state index is 0.292. The standard InChI is InChI=1S/C13H18FN3S/c1-3-4-9-15-13(18)17(2)16-10-11-7-5-6-8-12(11)14/h5-8,10H,3-4,9H2,1-2H3,(H,15,18). The lowest BCUT2D eigenvalue weighted by Crippen LogP contribution is -2.34. The highest BCUT2D eigenvalue weighted by Gasteiger charge is 2.01. The monoisotopic (exact) mass is 267 g/mol. The van der Waals surface area contributed by atoms with Gasteiger partial charge in [0.15, 0.2) is 5.11 Å². The van der Waals surface area contributed by atoms with Gasteiger partial charge in [-0.25, -0.2) is 9.40 Å². The van der Waals surface area contributed by atoms with Crippen molar-refractivity contribution in [1.82, 2.24) is 10.3 Å². The SMILES string of the molecule is CCCCNC(=S)N(C)N=Cc1ccccc1F. The molecule has 0 unspecified atom stereocenters. The Morgan fingerprint density at radius 2 is 2.22 bits per heavy atom. The number of halogens is 1. The maximum absolute atomic E-state index is 13.3. The van der Waals surface area contributed by atoms with Crippen molar-refractivity contribution >= 4 is 23.5 Å². The van der Waals surface area contributed by atoms with Crippen molar-refractivity contribution in [3.8, 4) is 0 Å². The average molecular weight is 267 g/mol. The van der Waals surface area contributed by atoms with E-state index < -0.39 is 0 Å². The van der Waals surface area contributed by atoms with Crippen LogP contribution in [0.15, 0.2) is 29.4 Å². The predicted octanol–water partition coefficient (Wildman–Crippen LogP) is 2.77. The van der Waals surface area contributed by atoms with Crippen molar-refractivity contribution in [2.24, 2.45) is 5.10 Å². The van der Waals surface area contributed by atoms with Gasteiger partial charge >= 0.3 is 0 Å². The molecule has 0 aliphatic rings. The Morgan fingerprint density at radius 1 is 1.50 bits per heavy atom. The first-order chi connectivity index (χ1) is 8.65. The quantitative estimate of drug-likeness (QED) is 0.385. The van der Waals surface area contributed by atoms with Gasteiger partial charge in [-0.3, -0.25) is 0 Å². The van der Waals surface area contributed by atoms with Crippen LogP contribution in [0.3, 0.4) is 0 Å². The van der Waals surface area contributed by atoms with Crippen LogP contribution in [0.25, 0.3) is 0 Å². The van der Waals surface area contributed by atoms with E-state index in [4.69, 9.17) is 12.2 Å². The van der Waals surface area contributed by atoms with Crippen LogP contribution in [0.1, 0.15) is 25.3 Å². The van der Waals surface area contributed by atoms with Gasteiger partial charge < -0.3 is 5.32 Å². The molecule has 0 spiro atoms. The van der Waals surface area contributed by atoms with Gasteiger partial charge in [-0.1, -0.05) is 31.5 Å². The zero-order chi connectivity index (χ0) is 13.4. The zero-order valence-corrected chi connectivity index (χ0v) is 11.5. The molecule has 0 aromatic heterocycles. The summed E-state index contributed by atoms with van der Waals surface area (Å²) >= 11 is 5.15. The second kappa shape index (κ2) is 7.76. The molecule has 1 N–H and O–H groups in total. The molecule has 0 fully saturated rings. The molecule has 1 rings (SSSR count). The van der Waals surface area contributed by atoms with E-state index >= 15 is 0 Å². The molecule has 3 nitrogen and oxygen atoms in total. The van der Waals surface area contributed by atoms with Crippen LogP contribution in [0.5, 0.6) is 0 Å². The molecule has 18 heavy (non-hydrogen) atoms. The van der Waals surface area contributed by atoms with Gasteiger partial charge in [0.05, 0.1) is 6.21 Å².